The van der Waals surface area contributed by atoms with Crippen LogP contribution in [0.1, 0.15) is 5.56 Å². The maximum atomic E-state index is 12.2. The molecular formula is C19H15N5O3S. The van der Waals surface area contributed by atoms with E-state index in [2.05, 4.69) is 20.0 Å². The van der Waals surface area contributed by atoms with Crippen molar-refractivity contribution in [1.29, 1.82) is 0 Å². The van der Waals surface area contributed by atoms with E-state index >= 15 is 0 Å². The van der Waals surface area contributed by atoms with Gasteiger partial charge in [0.1, 0.15) is 12.2 Å². The Kier molecular flexibility index (Phi) is 5.07. The van der Waals surface area contributed by atoms with Crippen LogP contribution in [0.4, 0.5) is 0 Å². The number of amides is 1. The Morgan fingerprint density at radius 2 is 1.86 bits per heavy atom. The van der Waals surface area contributed by atoms with Crippen molar-refractivity contribution in [3.05, 3.63) is 76.1 Å². The quantitative estimate of drug-likeness (QED) is 0.539. The lowest BCUT2D eigenvalue weighted by molar-refractivity contribution is -0.122. The van der Waals surface area contributed by atoms with Crippen LogP contribution < -0.4 is 11.1 Å². The summed E-state index contributed by atoms with van der Waals surface area (Å²) in [7, 11) is 0. The maximum Gasteiger partial charge on any atom is 0.437 e. The van der Waals surface area contributed by atoms with E-state index in [1.165, 1.54) is 11.5 Å². The molecule has 0 spiro atoms. The molecule has 0 fully saturated rings. The summed E-state index contributed by atoms with van der Waals surface area (Å²) in [6.45, 7) is 0.129. The third kappa shape index (κ3) is 4.04. The van der Waals surface area contributed by atoms with Gasteiger partial charge in [-0.15, -0.1) is 10.2 Å². The van der Waals surface area contributed by atoms with Crippen LogP contribution in [-0.2, 0) is 17.9 Å². The predicted octanol–water partition coefficient (Wildman–Crippen LogP) is 2.34. The standard InChI is InChI=1S/C19H15N5O3S/c25-17(11-24-19(26)27-18(22-24)15-4-2-1-3-5-15)20-10-13-6-8-14(9-7-13)16-12-28-23-21-16/h1-9,12H,10-11H2,(H,20,25). The molecule has 0 saturated heterocycles. The molecule has 0 aliphatic heterocycles. The highest BCUT2D eigenvalue weighted by atomic mass is 32.1. The zero-order valence-corrected chi connectivity index (χ0v) is 15.4. The lowest BCUT2D eigenvalue weighted by Crippen LogP contribution is -2.31. The Hall–Kier alpha value is -3.59. The number of hydrogen-bond donors (Lipinski definition) is 1. The Balaban J connectivity index is 1.36. The fourth-order valence-corrected chi connectivity index (χ4v) is 3.05. The van der Waals surface area contributed by atoms with Crippen molar-refractivity contribution < 1.29 is 9.21 Å². The second-order valence-corrected chi connectivity index (χ2v) is 6.57. The van der Waals surface area contributed by atoms with Crippen molar-refractivity contribution in [3.63, 3.8) is 0 Å². The Morgan fingerprint density at radius 3 is 2.57 bits per heavy atom. The van der Waals surface area contributed by atoms with E-state index in [0.29, 0.717) is 12.1 Å². The van der Waals surface area contributed by atoms with Crippen molar-refractivity contribution >= 4 is 17.4 Å². The lowest BCUT2D eigenvalue weighted by Gasteiger charge is -2.05. The maximum absolute atomic E-state index is 12.2. The normalized spacial score (nSPS) is 10.7. The lowest BCUT2D eigenvalue weighted by atomic mass is 10.1. The van der Waals surface area contributed by atoms with Crippen LogP contribution in [0.3, 0.4) is 0 Å². The predicted molar refractivity (Wildman–Crippen MR) is 103 cm³/mol. The largest absolute Gasteiger partial charge is 0.437 e. The molecule has 9 heteroatoms. The summed E-state index contributed by atoms with van der Waals surface area (Å²) in [6, 6.07) is 16.7. The van der Waals surface area contributed by atoms with Gasteiger partial charge in [-0.3, -0.25) is 4.79 Å². The first-order chi connectivity index (χ1) is 13.7. The third-order valence-electron chi connectivity index (χ3n) is 4.02. The molecule has 0 radical (unpaired) electrons. The Bertz CT molecular complexity index is 1120. The van der Waals surface area contributed by atoms with Gasteiger partial charge in [-0.2, -0.15) is 4.68 Å². The summed E-state index contributed by atoms with van der Waals surface area (Å²) < 4.78 is 9.97. The molecular weight excluding hydrogens is 378 g/mol. The number of benzene rings is 2. The fourth-order valence-electron chi connectivity index (χ4n) is 2.58. The molecule has 4 aromatic rings. The molecule has 1 amide bonds. The molecule has 2 heterocycles. The molecule has 0 bridgehead atoms. The average molecular weight is 393 g/mol. The number of aromatic nitrogens is 4. The van der Waals surface area contributed by atoms with Gasteiger partial charge in [-0.25, -0.2) is 4.79 Å². The van der Waals surface area contributed by atoms with Crippen LogP contribution in [-0.4, -0.2) is 25.3 Å². The summed E-state index contributed by atoms with van der Waals surface area (Å²) in [6.07, 6.45) is 0. The smallest absolute Gasteiger partial charge is 0.388 e. The summed E-state index contributed by atoms with van der Waals surface area (Å²) in [5.74, 6) is -0.816. The Labute approximate surface area is 163 Å². The van der Waals surface area contributed by atoms with E-state index in [-0.39, 0.29) is 18.3 Å². The van der Waals surface area contributed by atoms with E-state index in [0.717, 1.165) is 21.5 Å². The van der Waals surface area contributed by atoms with Gasteiger partial charge in [0.2, 0.25) is 11.8 Å². The molecule has 28 heavy (non-hydrogen) atoms. The van der Waals surface area contributed by atoms with Crippen molar-refractivity contribution in [2.24, 2.45) is 0 Å². The minimum atomic E-state index is -0.671. The van der Waals surface area contributed by atoms with Gasteiger partial charge >= 0.3 is 5.76 Å². The first kappa shape index (κ1) is 17.8. The van der Waals surface area contributed by atoms with E-state index in [9.17, 15) is 9.59 Å². The average Bonchev–Trinajstić information content (AvgIpc) is 3.38. The van der Waals surface area contributed by atoms with E-state index in [1.807, 2.05) is 47.8 Å². The molecule has 0 saturated carbocycles. The molecule has 2 aromatic heterocycles. The molecule has 140 valence electrons. The van der Waals surface area contributed by atoms with Crippen molar-refractivity contribution in [3.8, 4) is 22.7 Å². The molecule has 0 atom stereocenters. The number of carbonyl (C=O) groups is 1. The van der Waals surface area contributed by atoms with Gasteiger partial charge in [0.25, 0.3) is 0 Å². The molecule has 1 N–H and O–H groups in total. The fraction of sp³-hybridized carbons (Fsp3) is 0.105. The van der Waals surface area contributed by atoms with Crippen LogP contribution in [0, 0.1) is 0 Å². The molecule has 0 aliphatic rings. The third-order valence-corrected chi connectivity index (χ3v) is 4.52. The number of nitrogens with zero attached hydrogens (tertiary/aromatic N) is 4. The highest BCUT2D eigenvalue weighted by molar-refractivity contribution is 7.03. The van der Waals surface area contributed by atoms with Gasteiger partial charge in [0.15, 0.2) is 0 Å². The van der Waals surface area contributed by atoms with Gasteiger partial charge in [-0.05, 0) is 29.2 Å². The van der Waals surface area contributed by atoms with E-state index in [4.69, 9.17) is 4.42 Å². The van der Waals surface area contributed by atoms with Crippen molar-refractivity contribution in [1.82, 2.24) is 24.7 Å². The number of hydrogen-bond acceptors (Lipinski definition) is 7. The van der Waals surface area contributed by atoms with Crippen molar-refractivity contribution in [2.45, 2.75) is 13.1 Å². The minimum Gasteiger partial charge on any atom is -0.388 e. The summed E-state index contributed by atoms with van der Waals surface area (Å²) in [5.41, 5.74) is 3.39. The van der Waals surface area contributed by atoms with Crippen LogP contribution in [0.5, 0.6) is 0 Å². The van der Waals surface area contributed by atoms with Gasteiger partial charge in [0, 0.05) is 23.1 Å². The minimum absolute atomic E-state index is 0.186. The second-order valence-electron chi connectivity index (χ2n) is 5.96. The van der Waals surface area contributed by atoms with E-state index in [1.54, 1.807) is 12.1 Å². The monoisotopic (exact) mass is 393 g/mol. The van der Waals surface area contributed by atoms with Gasteiger partial charge < -0.3 is 9.73 Å². The number of rotatable bonds is 6. The summed E-state index contributed by atoms with van der Waals surface area (Å²) >= 11 is 1.30. The number of nitrogens with one attached hydrogen (secondary N) is 1. The van der Waals surface area contributed by atoms with Crippen LogP contribution >= 0.6 is 11.5 Å². The van der Waals surface area contributed by atoms with Crippen molar-refractivity contribution in [2.75, 3.05) is 0 Å². The zero-order chi connectivity index (χ0) is 19.3. The molecule has 4 rings (SSSR count). The molecule has 2 aromatic carbocycles. The SMILES string of the molecule is O=C(Cn1nc(-c2ccccc2)oc1=O)NCc1ccc(-c2csnn2)cc1. The van der Waals surface area contributed by atoms with Crippen LogP contribution in [0.2, 0.25) is 0 Å². The molecule has 8 nitrogen and oxygen atoms in total. The topological polar surface area (TPSA) is 103 Å². The number of carbonyl (C=O) groups excluding carboxylic acids is 1. The molecule has 0 aliphatic carbocycles. The highest BCUT2D eigenvalue weighted by Gasteiger charge is 2.13. The summed E-state index contributed by atoms with van der Waals surface area (Å²) in [4.78, 5) is 24.1. The highest BCUT2D eigenvalue weighted by Crippen LogP contribution is 2.18. The van der Waals surface area contributed by atoms with Gasteiger partial charge in [-0.1, -0.05) is 47.0 Å². The first-order valence-electron chi connectivity index (χ1n) is 8.45. The van der Waals surface area contributed by atoms with Crippen LogP contribution in [0.15, 0.2) is 69.2 Å². The summed E-state index contributed by atoms with van der Waals surface area (Å²) in [5, 5.41) is 12.7. The first-order valence-corrected chi connectivity index (χ1v) is 9.29. The Morgan fingerprint density at radius 1 is 1.07 bits per heavy atom. The van der Waals surface area contributed by atoms with Gasteiger partial charge in [0.05, 0.1) is 0 Å². The van der Waals surface area contributed by atoms with E-state index < -0.39 is 5.76 Å². The zero-order valence-electron chi connectivity index (χ0n) is 14.6. The molecule has 0 unspecified atom stereocenters. The second kappa shape index (κ2) is 7.97. The van der Waals surface area contributed by atoms with Crippen LogP contribution in [0.25, 0.3) is 22.7 Å².